The van der Waals surface area contributed by atoms with Crippen molar-refractivity contribution < 1.29 is 4.79 Å². The van der Waals surface area contributed by atoms with E-state index in [1.807, 2.05) is 6.07 Å². The quantitative estimate of drug-likeness (QED) is 0.820. The van der Waals surface area contributed by atoms with Crippen molar-refractivity contribution in [2.24, 2.45) is 5.73 Å². The van der Waals surface area contributed by atoms with Crippen molar-refractivity contribution in [1.82, 2.24) is 4.90 Å². The molecule has 0 heterocycles. The van der Waals surface area contributed by atoms with Gasteiger partial charge in [0, 0.05) is 12.6 Å². The number of nitrogens with zero attached hydrogens (tertiary/aromatic N) is 1. The van der Waals surface area contributed by atoms with E-state index in [1.165, 1.54) is 11.1 Å². The van der Waals surface area contributed by atoms with Gasteiger partial charge in [0.25, 0.3) is 0 Å². The summed E-state index contributed by atoms with van der Waals surface area (Å²) >= 11 is 0. The Bertz CT molecular complexity index is 361. The van der Waals surface area contributed by atoms with Gasteiger partial charge in [0.05, 0.1) is 6.54 Å². The highest BCUT2D eigenvalue weighted by Crippen LogP contribution is 2.09. The number of carbonyl (C=O) groups excluding carboxylic acids is 1. The number of hydrogen-bond acceptors (Lipinski definition) is 2. The summed E-state index contributed by atoms with van der Waals surface area (Å²) in [5.41, 5.74) is 7.69. The Morgan fingerprint density at radius 2 is 2.12 bits per heavy atom. The molecule has 1 aromatic carbocycles. The Hall–Kier alpha value is -1.35. The molecule has 0 aromatic heterocycles. The van der Waals surface area contributed by atoms with Gasteiger partial charge >= 0.3 is 0 Å². The van der Waals surface area contributed by atoms with Gasteiger partial charge in [-0.1, -0.05) is 29.8 Å². The molecule has 16 heavy (non-hydrogen) atoms. The summed E-state index contributed by atoms with van der Waals surface area (Å²) in [6.07, 6.45) is 0. The molecule has 1 amide bonds. The number of primary amides is 1. The van der Waals surface area contributed by atoms with Crippen molar-refractivity contribution in [2.45, 2.75) is 33.4 Å². The number of amides is 1. The van der Waals surface area contributed by atoms with Gasteiger partial charge in [0.15, 0.2) is 0 Å². The van der Waals surface area contributed by atoms with Crippen LogP contribution in [0.4, 0.5) is 0 Å². The van der Waals surface area contributed by atoms with Gasteiger partial charge in [-0.05, 0) is 26.3 Å². The molecule has 0 saturated carbocycles. The van der Waals surface area contributed by atoms with E-state index in [4.69, 9.17) is 5.73 Å². The highest BCUT2D eigenvalue weighted by atomic mass is 16.1. The average molecular weight is 220 g/mol. The molecule has 3 nitrogen and oxygen atoms in total. The van der Waals surface area contributed by atoms with Gasteiger partial charge in [-0.3, -0.25) is 9.69 Å². The van der Waals surface area contributed by atoms with Crippen molar-refractivity contribution in [1.29, 1.82) is 0 Å². The Morgan fingerprint density at radius 1 is 1.44 bits per heavy atom. The summed E-state index contributed by atoms with van der Waals surface area (Å²) in [6, 6.07) is 8.62. The van der Waals surface area contributed by atoms with Crippen LogP contribution in [0.2, 0.25) is 0 Å². The lowest BCUT2D eigenvalue weighted by Crippen LogP contribution is -2.37. The maximum atomic E-state index is 11.0. The third-order valence-corrected chi connectivity index (χ3v) is 2.56. The first-order valence-electron chi connectivity index (χ1n) is 5.57. The summed E-state index contributed by atoms with van der Waals surface area (Å²) in [7, 11) is 0. The maximum absolute atomic E-state index is 11.0. The highest BCUT2D eigenvalue weighted by Gasteiger charge is 2.12. The molecule has 1 aromatic rings. The Balaban J connectivity index is 2.71. The lowest BCUT2D eigenvalue weighted by Gasteiger charge is -2.25. The largest absolute Gasteiger partial charge is 0.369 e. The van der Waals surface area contributed by atoms with Gasteiger partial charge < -0.3 is 5.73 Å². The summed E-state index contributed by atoms with van der Waals surface area (Å²) in [5.74, 6) is -0.277. The number of aryl methyl sites for hydroxylation is 1. The zero-order valence-corrected chi connectivity index (χ0v) is 10.2. The summed E-state index contributed by atoms with van der Waals surface area (Å²) in [6.45, 7) is 7.28. The van der Waals surface area contributed by atoms with Crippen LogP contribution < -0.4 is 5.73 Å². The first-order valence-corrected chi connectivity index (χ1v) is 5.57. The van der Waals surface area contributed by atoms with Gasteiger partial charge in [0.2, 0.25) is 5.91 Å². The standard InChI is InChI=1S/C13H20N2O/c1-10(2)15(9-13(14)16)8-12-6-4-5-11(3)7-12/h4-7,10H,8-9H2,1-3H3,(H2,14,16). The van der Waals surface area contributed by atoms with Crippen LogP contribution in [0.15, 0.2) is 24.3 Å². The molecule has 0 atom stereocenters. The molecule has 2 N–H and O–H groups in total. The summed E-state index contributed by atoms with van der Waals surface area (Å²) < 4.78 is 0. The van der Waals surface area contributed by atoms with Crippen LogP contribution in [0.1, 0.15) is 25.0 Å². The molecule has 0 radical (unpaired) electrons. The van der Waals surface area contributed by atoms with Crippen LogP contribution in [0.3, 0.4) is 0 Å². The van der Waals surface area contributed by atoms with Crippen LogP contribution in [-0.4, -0.2) is 23.4 Å². The van der Waals surface area contributed by atoms with Gasteiger partial charge in [-0.2, -0.15) is 0 Å². The van der Waals surface area contributed by atoms with Crippen LogP contribution in [0, 0.1) is 6.92 Å². The van der Waals surface area contributed by atoms with Crippen molar-refractivity contribution >= 4 is 5.91 Å². The highest BCUT2D eigenvalue weighted by molar-refractivity contribution is 5.75. The first-order chi connectivity index (χ1) is 7.49. The van der Waals surface area contributed by atoms with Crippen LogP contribution in [0.25, 0.3) is 0 Å². The predicted molar refractivity (Wildman–Crippen MR) is 65.9 cm³/mol. The predicted octanol–water partition coefficient (Wildman–Crippen LogP) is 1.69. The topological polar surface area (TPSA) is 46.3 Å². The van der Waals surface area contributed by atoms with Crippen molar-refractivity contribution in [2.75, 3.05) is 6.54 Å². The second-order valence-corrected chi connectivity index (χ2v) is 4.45. The SMILES string of the molecule is Cc1cccc(CN(CC(N)=O)C(C)C)c1. The molecule has 0 saturated heterocycles. The number of rotatable bonds is 5. The third-order valence-electron chi connectivity index (χ3n) is 2.56. The second-order valence-electron chi connectivity index (χ2n) is 4.45. The van der Waals surface area contributed by atoms with E-state index in [0.29, 0.717) is 12.6 Å². The minimum absolute atomic E-state index is 0.277. The molecular weight excluding hydrogens is 200 g/mol. The van der Waals surface area contributed by atoms with E-state index < -0.39 is 0 Å². The fourth-order valence-corrected chi connectivity index (χ4v) is 1.67. The molecule has 0 spiro atoms. The normalized spacial score (nSPS) is 11.1. The lowest BCUT2D eigenvalue weighted by molar-refractivity contribution is -0.119. The average Bonchev–Trinajstić information content (AvgIpc) is 2.15. The molecular formula is C13H20N2O. The fraction of sp³-hybridized carbons (Fsp3) is 0.462. The number of hydrogen-bond donors (Lipinski definition) is 1. The number of carbonyl (C=O) groups is 1. The lowest BCUT2D eigenvalue weighted by atomic mass is 10.1. The van der Waals surface area contributed by atoms with Crippen LogP contribution in [0.5, 0.6) is 0 Å². The van der Waals surface area contributed by atoms with Crippen molar-refractivity contribution in [3.63, 3.8) is 0 Å². The molecule has 0 fully saturated rings. The number of nitrogens with two attached hydrogens (primary N) is 1. The van der Waals surface area contributed by atoms with E-state index in [2.05, 4.69) is 43.9 Å². The van der Waals surface area contributed by atoms with Crippen LogP contribution >= 0.6 is 0 Å². The fourth-order valence-electron chi connectivity index (χ4n) is 1.67. The van der Waals surface area contributed by atoms with E-state index in [-0.39, 0.29) is 5.91 Å². The second kappa shape index (κ2) is 5.66. The third kappa shape index (κ3) is 4.03. The zero-order valence-electron chi connectivity index (χ0n) is 10.2. The van der Waals surface area contributed by atoms with E-state index in [0.717, 1.165) is 6.54 Å². The van der Waals surface area contributed by atoms with Crippen LogP contribution in [-0.2, 0) is 11.3 Å². The smallest absolute Gasteiger partial charge is 0.231 e. The minimum atomic E-state index is -0.277. The Labute approximate surface area is 97.2 Å². The van der Waals surface area contributed by atoms with Gasteiger partial charge in [0.1, 0.15) is 0 Å². The molecule has 88 valence electrons. The molecule has 3 heteroatoms. The molecule has 0 aliphatic carbocycles. The maximum Gasteiger partial charge on any atom is 0.231 e. The monoisotopic (exact) mass is 220 g/mol. The minimum Gasteiger partial charge on any atom is -0.369 e. The summed E-state index contributed by atoms with van der Waals surface area (Å²) in [4.78, 5) is 13.0. The zero-order chi connectivity index (χ0) is 12.1. The first kappa shape index (κ1) is 12.7. The van der Waals surface area contributed by atoms with Crippen molar-refractivity contribution in [3.05, 3.63) is 35.4 Å². The van der Waals surface area contributed by atoms with E-state index in [1.54, 1.807) is 0 Å². The van der Waals surface area contributed by atoms with E-state index in [9.17, 15) is 4.79 Å². The molecule has 1 rings (SSSR count). The Kier molecular flexibility index (Phi) is 4.50. The molecule has 0 unspecified atom stereocenters. The Morgan fingerprint density at radius 3 is 2.62 bits per heavy atom. The van der Waals surface area contributed by atoms with Crippen molar-refractivity contribution in [3.8, 4) is 0 Å². The summed E-state index contributed by atoms with van der Waals surface area (Å²) in [5, 5.41) is 0. The molecule has 0 aliphatic heterocycles. The van der Waals surface area contributed by atoms with Gasteiger partial charge in [-0.15, -0.1) is 0 Å². The molecule has 0 aliphatic rings. The van der Waals surface area contributed by atoms with Gasteiger partial charge in [-0.25, -0.2) is 0 Å². The number of benzene rings is 1. The van der Waals surface area contributed by atoms with E-state index >= 15 is 0 Å². The molecule has 0 bridgehead atoms.